The van der Waals surface area contributed by atoms with Crippen molar-refractivity contribution < 1.29 is 14.3 Å². The average molecular weight is 444 g/mol. The van der Waals surface area contributed by atoms with Crippen LogP contribution in [0.3, 0.4) is 0 Å². The molecule has 2 amide bonds. The van der Waals surface area contributed by atoms with Gasteiger partial charge in [0.15, 0.2) is 11.2 Å². The molecule has 4 rings (SSSR count). The van der Waals surface area contributed by atoms with E-state index in [4.69, 9.17) is 4.74 Å². The maximum atomic E-state index is 12.3. The molecule has 6 nitrogen and oxygen atoms in total. The molecule has 1 atom stereocenters. The van der Waals surface area contributed by atoms with E-state index in [1.807, 2.05) is 35.7 Å². The number of hydrogen-bond acceptors (Lipinski definition) is 5. The lowest BCUT2D eigenvalue weighted by Gasteiger charge is -2.25. The number of carbonyl (C=O) groups excluding carboxylic acids is 2. The Morgan fingerprint density at radius 1 is 1.22 bits per heavy atom. The summed E-state index contributed by atoms with van der Waals surface area (Å²) in [6.07, 6.45) is -0.960. The SMILES string of the molecule is O=C(CC1Oc2ccccc2NC1=O)Nc1nc(-c2ccc(Br)cc2)cs1. The van der Waals surface area contributed by atoms with E-state index in [0.29, 0.717) is 16.6 Å². The highest BCUT2D eigenvalue weighted by Gasteiger charge is 2.29. The second kappa shape index (κ2) is 7.50. The van der Waals surface area contributed by atoms with Crippen LogP contribution in [0.2, 0.25) is 0 Å². The third-order valence-electron chi connectivity index (χ3n) is 3.97. The van der Waals surface area contributed by atoms with E-state index in [9.17, 15) is 9.59 Å². The molecule has 136 valence electrons. The fourth-order valence-electron chi connectivity index (χ4n) is 2.65. The predicted molar refractivity (Wildman–Crippen MR) is 108 cm³/mol. The minimum atomic E-state index is -0.870. The molecule has 8 heteroatoms. The zero-order valence-corrected chi connectivity index (χ0v) is 16.3. The number of halogens is 1. The summed E-state index contributed by atoms with van der Waals surface area (Å²) in [6.45, 7) is 0. The van der Waals surface area contributed by atoms with Crippen LogP contribution in [0, 0.1) is 0 Å². The zero-order chi connectivity index (χ0) is 18.8. The second-order valence-corrected chi connectivity index (χ2v) is 7.66. The summed E-state index contributed by atoms with van der Waals surface area (Å²) in [5.74, 6) is -0.105. The van der Waals surface area contributed by atoms with Gasteiger partial charge >= 0.3 is 0 Å². The number of fused-ring (bicyclic) bond motifs is 1. The number of carbonyl (C=O) groups is 2. The number of nitrogens with one attached hydrogen (secondary N) is 2. The van der Waals surface area contributed by atoms with Gasteiger partial charge in [-0.15, -0.1) is 11.3 Å². The summed E-state index contributed by atoms with van der Waals surface area (Å²) in [5.41, 5.74) is 2.35. The highest BCUT2D eigenvalue weighted by atomic mass is 79.9. The summed E-state index contributed by atoms with van der Waals surface area (Å²) in [6, 6.07) is 14.9. The number of amides is 2. The number of ether oxygens (including phenoxy) is 1. The summed E-state index contributed by atoms with van der Waals surface area (Å²) < 4.78 is 6.63. The van der Waals surface area contributed by atoms with Crippen molar-refractivity contribution >= 4 is 49.9 Å². The quantitative estimate of drug-likeness (QED) is 0.629. The van der Waals surface area contributed by atoms with Gasteiger partial charge in [-0.2, -0.15) is 0 Å². The van der Waals surface area contributed by atoms with E-state index >= 15 is 0 Å². The number of aromatic nitrogens is 1. The van der Waals surface area contributed by atoms with Gasteiger partial charge < -0.3 is 15.4 Å². The zero-order valence-electron chi connectivity index (χ0n) is 13.9. The Hall–Kier alpha value is -2.71. The molecule has 0 saturated heterocycles. The van der Waals surface area contributed by atoms with E-state index in [2.05, 4.69) is 31.5 Å². The number of rotatable bonds is 4. The standard InChI is InChI=1S/C19H14BrN3O3S/c20-12-7-5-11(6-8-12)14-10-27-19(22-14)23-17(24)9-16-18(25)21-13-3-1-2-4-15(13)26-16/h1-8,10,16H,9H2,(H,21,25)(H,22,23,24). The van der Waals surface area contributed by atoms with Gasteiger partial charge in [-0.1, -0.05) is 40.2 Å². The monoisotopic (exact) mass is 443 g/mol. The topological polar surface area (TPSA) is 80.3 Å². The van der Waals surface area contributed by atoms with E-state index in [0.717, 1.165) is 15.7 Å². The third kappa shape index (κ3) is 4.01. The number of para-hydroxylation sites is 2. The van der Waals surface area contributed by atoms with Crippen LogP contribution in [-0.2, 0) is 9.59 Å². The molecule has 0 bridgehead atoms. The normalized spacial score (nSPS) is 15.4. The van der Waals surface area contributed by atoms with Crippen molar-refractivity contribution in [3.8, 4) is 17.0 Å². The van der Waals surface area contributed by atoms with Crippen molar-refractivity contribution in [2.24, 2.45) is 0 Å². The fraction of sp³-hybridized carbons (Fsp3) is 0.105. The fourth-order valence-corrected chi connectivity index (χ4v) is 3.65. The third-order valence-corrected chi connectivity index (χ3v) is 5.25. The summed E-state index contributed by atoms with van der Waals surface area (Å²) >= 11 is 4.73. The van der Waals surface area contributed by atoms with Crippen molar-refractivity contribution in [2.75, 3.05) is 10.6 Å². The van der Waals surface area contributed by atoms with Crippen molar-refractivity contribution in [3.05, 3.63) is 58.4 Å². The second-order valence-electron chi connectivity index (χ2n) is 5.89. The highest BCUT2D eigenvalue weighted by molar-refractivity contribution is 9.10. The molecule has 1 unspecified atom stereocenters. The van der Waals surface area contributed by atoms with Crippen LogP contribution in [0.1, 0.15) is 6.42 Å². The summed E-state index contributed by atoms with van der Waals surface area (Å²) in [5, 5.41) is 7.84. The minimum Gasteiger partial charge on any atom is -0.478 e. The Morgan fingerprint density at radius 3 is 2.81 bits per heavy atom. The molecule has 1 aliphatic rings. The first kappa shape index (κ1) is 17.7. The molecule has 1 aromatic heterocycles. The van der Waals surface area contributed by atoms with E-state index in [1.54, 1.807) is 18.2 Å². The molecule has 27 heavy (non-hydrogen) atoms. The molecule has 0 aliphatic carbocycles. The average Bonchev–Trinajstić information content (AvgIpc) is 3.11. The molecular formula is C19H14BrN3O3S. The van der Waals surface area contributed by atoms with Gasteiger partial charge in [0.1, 0.15) is 5.75 Å². The van der Waals surface area contributed by atoms with Crippen LogP contribution in [-0.4, -0.2) is 22.9 Å². The van der Waals surface area contributed by atoms with Gasteiger partial charge in [0, 0.05) is 15.4 Å². The Labute approximate surface area is 167 Å². The molecule has 0 spiro atoms. The predicted octanol–water partition coefficient (Wildman–Crippen LogP) is 4.30. The smallest absolute Gasteiger partial charge is 0.266 e. The first-order chi connectivity index (χ1) is 13.1. The first-order valence-corrected chi connectivity index (χ1v) is 9.83. The van der Waals surface area contributed by atoms with Crippen LogP contribution in [0.25, 0.3) is 11.3 Å². The lowest BCUT2D eigenvalue weighted by molar-refractivity contribution is -0.128. The maximum absolute atomic E-state index is 12.3. The van der Waals surface area contributed by atoms with Crippen molar-refractivity contribution in [2.45, 2.75) is 12.5 Å². The number of nitrogens with zero attached hydrogens (tertiary/aromatic N) is 1. The van der Waals surface area contributed by atoms with Gasteiger partial charge in [0.25, 0.3) is 5.91 Å². The number of benzene rings is 2. The van der Waals surface area contributed by atoms with Crippen LogP contribution in [0.15, 0.2) is 58.4 Å². The van der Waals surface area contributed by atoms with E-state index < -0.39 is 6.10 Å². The number of thiazole rings is 1. The Kier molecular flexibility index (Phi) is 4.91. The largest absolute Gasteiger partial charge is 0.478 e. The number of anilines is 2. The number of hydrogen-bond donors (Lipinski definition) is 2. The van der Waals surface area contributed by atoms with Gasteiger partial charge in [-0.3, -0.25) is 9.59 Å². The van der Waals surface area contributed by atoms with Crippen LogP contribution in [0.4, 0.5) is 10.8 Å². The van der Waals surface area contributed by atoms with Crippen molar-refractivity contribution in [1.29, 1.82) is 0 Å². The Balaban J connectivity index is 1.40. The van der Waals surface area contributed by atoms with Gasteiger partial charge in [0.05, 0.1) is 17.8 Å². The highest BCUT2D eigenvalue weighted by Crippen LogP contribution is 2.30. The molecule has 2 N–H and O–H groups in total. The molecule has 1 aliphatic heterocycles. The lowest BCUT2D eigenvalue weighted by atomic mass is 10.1. The van der Waals surface area contributed by atoms with Crippen LogP contribution >= 0.6 is 27.3 Å². The molecular weight excluding hydrogens is 430 g/mol. The van der Waals surface area contributed by atoms with Gasteiger partial charge in [0.2, 0.25) is 5.91 Å². The van der Waals surface area contributed by atoms with Gasteiger partial charge in [-0.25, -0.2) is 4.98 Å². The summed E-state index contributed by atoms with van der Waals surface area (Å²) in [7, 11) is 0. The maximum Gasteiger partial charge on any atom is 0.266 e. The molecule has 2 aromatic carbocycles. The molecule has 3 aromatic rings. The van der Waals surface area contributed by atoms with Crippen molar-refractivity contribution in [1.82, 2.24) is 4.98 Å². The van der Waals surface area contributed by atoms with E-state index in [-0.39, 0.29) is 18.2 Å². The van der Waals surface area contributed by atoms with Crippen LogP contribution in [0.5, 0.6) is 5.75 Å². The van der Waals surface area contributed by atoms with E-state index in [1.165, 1.54) is 11.3 Å². The molecule has 0 saturated carbocycles. The molecule has 0 radical (unpaired) electrons. The van der Waals surface area contributed by atoms with Crippen LogP contribution < -0.4 is 15.4 Å². The van der Waals surface area contributed by atoms with Crippen molar-refractivity contribution in [3.63, 3.8) is 0 Å². The minimum absolute atomic E-state index is 0.0899. The summed E-state index contributed by atoms with van der Waals surface area (Å²) in [4.78, 5) is 28.9. The van der Waals surface area contributed by atoms with Gasteiger partial charge in [-0.05, 0) is 24.3 Å². The first-order valence-electron chi connectivity index (χ1n) is 8.16. The molecule has 0 fully saturated rings. The Morgan fingerprint density at radius 2 is 2.00 bits per heavy atom. The lowest BCUT2D eigenvalue weighted by Crippen LogP contribution is -2.39. The Bertz CT molecular complexity index is 1000. The molecule has 2 heterocycles.